The van der Waals surface area contributed by atoms with Crippen LogP contribution in [0.5, 0.6) is 0 Å². The van der Waals surface area contributed by atoms with Crippen molar-refractivity contribution in [3.05, 3.63) is 12.3 Å². The molecule has 0 fully saturated rings. The summed E-state index contributed by atoms with van der Waals surface area (Å²) in [7, 11) is 1.20. The lowest BCUT2D eigenvalue weighted by Gasteiger charge is -2.05. The number of methoxy groups -OCH3 is 1. The van der Waals surface area contributed by atoms with Crippen molar-refractivity contribution in [2.45, 2.75) is 19.8 Å². The number of rotatable bonds is 5. The molecule has 0 radical (unpaired) electrons. The molecule has 0 saturated carbocycles. The number of hydrogen-bond donors (Lipinski definition) is 0. The minimum Gasteiger partial charge on any atom is -0.466 e. The molecule has 0 aliphatic carbocycles. The number of hydrogen-bond acceptors (Lipinski definition) is 5. The van der Waals surface area contributed by atoms with Gasteiger partial charge in [-0.05, 0) is 6.92 Å². The molecule has 0 aromatic carbocycles. The van der Waals surface area contributed by atoms with Gasteiger partial charge in [0.1, 0.15) is 5.76 Å². The number of carbonyl (C=O) groups is 2. The van der Waals surface area contributed by atoms with E-state index in [0.717, 1.165) is 0 Å². The average Bonchev–Trinajstić information content (AvgIpc) is 2.15. The van der Waals surface area contributed by atoms with Gasteiger partial charge in [0, 0.05) is 6.42 Å². The third kappa shape index (κ3) is 6.05. The first-order valence-electron chi connectivity index (χ1n) is 4.19. The van der Waals surface area contributed by atoms with Crippen LogP contribution >= 0.6 is 0 Å². The van der Waals surface area contributed by atoms with Crippen molar-refractivity contribution in [2.24, 2.45) is 0 Å². The SMILES string of the molecule is C=C(CCC(=O)OCC)OC(=O)OC. The highest BCUT2D eigenvalue weighted by molar-refractivity contribution is 5.69. The summed E-state index contributed by atoms with van der Waals surface area (Å²) in [5.74, 6) is -0.160. The van der Waals surface area contributed by atoms with Gasteiger partial charge in [0.05, 0.1) is 20.1 Å². The second-order valence-electron chi connectivity index (χ2n) is 2.40. The molecule has 0 amide bonds. The van der Waals surface area contributed by atoms with Crippen LogP contribution in [0.4, 0.5) is 4.79 Å². The maximum atomic E-state index is 10.9. The summed E-state index contributed by atoms with van der Waals surface area (Å²) in [6.45, 7) is 5.50. The highest BCUT2D eigenvalue weighted by Gasteiger charge is 2.07. The average molecular weight is 202 g/mol. The quantitative estimate of drug-likeness (QED) is 0.500. The fourth-order valence-corrected chi connectivity index (χ4v) is 0.685. The predicted octanol–water partition coefficient (Wildman–Crippen LogP) is 1.63. The molecule has 5 heteroatoms. The van der Waals surface area contributed by atoms with E-state index in [0.29, 0.717) is 6.61 Å². The van der Waals surface area contributed by atoms with Crippen LogP contribution < -0.4 is 0 Å². The number of carbonyl (C=O) groups excluding carboxylic acids is 2. The van der Waals surface area contributed by atoms with E-state index >= 15 is 0 Å². The van der Waals surface area contributed by atoms with E-state index in [1.807, 2.05) is 0 Å². The third-order valence-electron chi connectivity index (χ3n) is 1.31. The Morgan fingerprint density at radius 2 is 1.93 bits per heavy atom. The van der Waals surface area contributed by atoms with Gasteiger partial charge >= 0.3 is 12.1 Å². The van der Waals surface area contributed by atoms with Crippen LogP contribution in [0.3, 0.4) is 0 Å². The van der Waals surface area contributed by atoms with Crippen LogP contribution in [0.15, 0.2) is 12.3 Å². The van der Waals surface area contributed by atoms with E-state index in [9.17, 15) is 9.59 Å². The molecule has 0 aromatic rings. The van der Waals surface area contributed by atoms with Crippen LogP contribution in [0.1, 0.15) is 19.8 Å². The van der Waals surface area contributed by atoms with Crippen LogP contribution in [0, 0.1) is 0 Å². The molecule has 0 bridgehead atoms. The van der Waals surface area contributed by atoms with Gasteiger partial charge in [-0.15, -0.1) is 0 Å². The summed E-state index contributed by atoms with van der Waals surface area (Å²) >= 11 is 0. The first-order chi connectivity index (χ1) is 6.60. The molecule has 0 aromatic heterocycles. The number of ether oxygens (including phenoxy) is 3. The lowest BCUT2D eigenvalue weighted by atomic mass is 10.3. The highest BCUT2D eigenvalue weighted by Crippen LogP contribution is 2.06. The summed E-state index contributed by atoms with van der Waals surface area (Å²) in [5.41, 5.74) is 0. The molecule has 0 heterocycles. The predicted molar refractivity (Wildman–Crippen MR) is 48.5 cm³/mol. The van der Waals surface area contributed by atoms with Gasteiger partial charge in [0.25, 0.3) is 0 Å². The molecule has 80 valence electrons. The Hall–Kier alpha value is -1.52. The van der Waals surface area contributed by atoms with Crippen molar-refractivity contribution >= 4 is 12.1 Å². The molecule has 0 N–H and O–H groups in total. The Labute approximate surface area is 82.6 Å². The first kappa shape index (κ1) is 12.5. The second-order valence-corrected chi connectivity index (χ2v) is 2.40. The molecule has 0 rings (SSSR count). The lowest BCUT2D eigenvalue weighted by Crippen LogP contribution is -2.07. The Bertz CT molecular complexity index is 221. The second kappa shape index (κ2) is 6.94. The Morgan fingerprint density at radius 3 is 2.43 bits per heavy atom. The van der Waals surface area contributed by atoms with E-state index in [1.54, 1.807) is 6.92 Å². The molecule has 0 saturated heterocycles. The maximum absolute atomic E-state index is 10.9. The molecule has 0 aliphatic rings. The van der Waals surface area contributed by atoms with Crippen molar-refractivity contribution in [1.82, 2.24) is 0 Å². The molecule has 0 unspecified atom stereocenters. The van der Waals surface area contributed by atoms with Crippen molar-refractivity contribution in [3.63, 3.8) is 0 Å². The van der Waals surface area contributed by atoms with Gasteiger partial charge in [0.15, 0.2) is 0 Å². The Kier molecular flexibility index (Phi) is 6.19. The van der Waals surface area contributed by atoms with Gasteiger partial charge in [-0.2, -0.15) is 0 Å². The molecular formula is C9H14O5. The van der Waals surface area contributed by atoms with Crippen LogP contribution in [-0.4, -0.2) is 25.8 Å². The fourth-order valence-electron chi connectivity index (χ4n) is 0.685. The van der Waals surface area contributed by atoms with E-state index in [1.165, 1.54) is 7.11 Å². The fraction of sp³-hybridized carbons (Fsp3) is 0.556. The van der Waals surface area contributed by atoms with Crippen LogP contribution in [0.25, 0.3) is 0 Å². The summed E-state index contributed by atoms with van der Waals surface area (Å²) < 4.78 is 13.5. The largest absolute Gasteiger partial charge is 0.513 e. The standard InChI is InChI=1S/C9H14O5/c1-4-13-8(10)6-5-7(2)14-9(11)12-3/h2,4-6H2,1,3H3. The third-order valence-corrected chi connectivity index (χ3v) is 1.31. The van der Waals surface area contributed by atoms with Gasteiger partial charge in [-0.3, -0.25) is 4.79 Å². The zero-order valence-electron chi connectivity index (χ0n) is 8.37. The van der Waals surface area contributed by atoms with Crippen molar-refractivity contribution in [2.75, 3.05) is 13.7 Å². The van der Waals surface area contributed by atoms with Crippen LogP contribution in [-0.2, 0) is 19.0 Å². The Balaban J connectivity index is 3.63. The maximum Gasteiger partial charge on any atom is 0.513 e. The Morgan fingerprint density at radius 1 is 1.29 bits per heavy atom. The van der Waals surface area contributed by atoms with Gasteiger partial charge in [-0.1, -0.05) is 6.58 Å². The van der Waals surface area contributed by atoms with Crippen molar-refractivity contribution in [3.8, 4) is 0 Å². The lowest BCUT2D eigenvalue weighted by molar-refractivity contribution is -0.143. The molecule has 5 nitrogen and oxygen atoms in total. The van der Waals surface area contributed by atoms with Gasteiger partial charge in [0.2, 0.25) is 0 Å². The minimum atomic E-state index is -0.834. The molecule has 0 spiro atoms. The summed E-state index contributed by atoms with van der Waals surface area (Å²) in [5, 5.41) is 0. The first-order valence-corrected chi connectivity index (χ1v) is 4.19. The van der Waals surface area contributed by atoms with Crippen LogP contribution in [0.2, 0.25) is 0 Å². The summed E-state index contributed by atoms with van der Waals surface area (Å²) in [4.78, 5) is 21.4. The minimum absolute atomic E-state index is 0.143. The zero-order chi connectivity index (χ0) is 11.0. The molecule has 14 heavy (non-hydrogen) atoms. The van der Waals surface area contributed by atoms with E-state index in [-0.39, 0.29) is 24.6 Å². The topological polar surface area (TPSA) is 61.8 Å². The normalized spacial score (nSPS) is 9.00. The summed E-state index contributed by atoms with van der Waals surface area (Å²) in [6, 6.07) is 0. The van der Waals surface area contributed by atoms with E-state index < -0.39 is 6.16 Å². The van der Waals surface area contributed by atoms with Gasteiger partial charge in [-0.25, -0.2) is 4.79 Å². The van der Waals surface area contributed by atoms with Crippen molar-refractivity contribution < 1.29 is 23.8 Å². The van der Waals surface area contributed by atoms with E-state index in [2.05, 4.69) is 20.8 Å². The number of allylic oxidation sites excluding steroid dienone is 1. The smallest absolute Gasteiger partial charge is 0.466 e. The number of esters is 1. The summed E-state index contributed by atoms with van der Waals surface area (Å²) in [6.07, 6.45) is -0.448. The molecule has 0 aliphatic heterocycles. The van der Waals surface area contributed by atoms with Crippen molar-refractivity contribution in [1.29, 1.82) is 0 Å². The monoisotopic (exact) mass is 202 g/mol. The van der Waals surface area contributed by atoms with E-state index in [4.69, 9.17) is 0 Å². The molecule has 0 atom stereocenters. The van der Waals surface area contributed by atoms with Gasteiger partial charge < -0.3 is 14.2 Å². The zero-order valence-corrected chi connectivity index (χ0v) is 8.37. The highest BCUT2D eigenvalue weighted by atomic mass is 16.7. The molecular weight excluding hydrogens is 188 g/mol.